The molecule has 0 fully saturated rings. The van der Waals surface area contributed by atoms with Crippen LogP contribution in [0.5, 0.6) is 0 Å². The zero-order chi connectivity index (χ0) is 21.8. The van der Waals surface area contributed by atoms with E-state index < -0.39 is 29.9 Å². The first-order valence-corrected chi connectivity index (χ1v) is 9.91. The van der Waals surface area contributed by atoms with Crippen LogP contribution in [0.3, 0.4) is 0 Å². The number of amides is 3. The maximum atomic E-state index is 13.0. The van der Waals surface area contributed by atoms with E-state index in [2.05, 4.69) is 0 Å². The molecule has 0 bridgehead atoms. The third-order valence-corrected chi connectivity index (χ3v) is 5.19. The Hall–Kier alpha value is -3.48. The first-order valence-electron chi connectivity index (χ1n) is 9.91. The minimum atomic E-state index is -1.17. The molecule has 0 aromatic heterocycles. The van der Waals surface area contributed by atoms with Gasteiger partial charge in [0, 0.05) is 18.7 Å². The van der Waals surface area contributed by atoms with Crippen LogP contribution < -0.4 is 0 Å². The SMILES string of the molecule is CCN(CC)C(=O)[C@@H](OC(=O)[C@@H](C)N1C(=O)c2ccccc2C1=O)c1ccccc1. The molecule has 2 aromatic carbocycles. The molecular weight excluding hydrogens is 384 g/mol. The van der Waals surface area contributed by atoms with Crippen LogP contribution in [0.2, 0.25) is 0 Å². The summed E-state index contributed by atoms with van der Waals surface area (Å²) in [6.07, 6.45) is -1.16. The molecule has 0 spiro atoms. The predicted molar refractivity (Wildman–Crippen MR) is 110 cm³/mol. The summed E-state index contributed by atoms with van der Waals surface area (Å²) in [6.45, 7) is 6.03. The van der Waals surface area contributed by atoms with Gasteiger partial charge in [0.15, 0.2) is 0 Å². The molecule has 30 heavy (non-hydrogen) atoms. The smallest absolute Gasteiger partial charge is 0.330 e. The summed E-state index contributed by atoms with van der Waals surface area (Å²) >= 11 is 0. The molecule has 0 unspecified atom stereocenters. The average Bonchev–Trinajstić information content (AvgIpc) is 3.03. The van der Waals surface area contributed by atoms with Gasteiger partial charge in [-0.25, -0.2) is 4.79 Å². The van der Waals surface area contributed by atoms with Crippen LogP contribution in [0.25, 0.3) is 0 Å². The lowest BCUT2D eigenvalue weighted by Gasteiger charge is -2.27. The lowest BCUT2D eigenvalue weighted by atomic mass is 10.1. The van der Waals surface area contributed by atoms with Crippen LogP contribution in [-0.2, 0) is 14.3 Å². The number of rotatable bonds is 7. The minimum absolute atomic E-state index is 0.251. The summed E-state index contributed by atoms with van der Waals surface area (Å²) in [5.41, 5.74) is 1.03. The molecular formula is C23H24N2O5. The normalized spacial score (nSPS) is 14.8. The fourth-order valence-electron chi connectivity index (χ4n) is 3.47. The summed E-state index contributed by atoms with van der Waals surface area (Å²) in [7, 11) is 0. The van der Waals surface area contributed by atoms with E-state index >= 15 is 0 Å². The van der Waals surface area contributed by atoms with E-state index in [-0.39, 0.29) is 17.0 Å². The second-order valence-corrected chi connectivity index (χ2v) is 6.94. The van der Waals surface area contributed by atoms with E-state index in [1.54, 1.807) is 59.5 Å². The second-order valence-electron chi connectivity index (χ2n) is 6.94. The molecule has 3 amide bonds. The number of carbonyl (C=O) groups excluding carboxylic acids is 4. The van der Waals surface area contributed by atoms with Gasteiger partial charge in [-0.2, -0.15) is 0 Å². The number of benzene rings is 2. The number of imide groups is 1. The maximum absolute atomic E-state index is 13.0. The van der Waals surface area contributed by atoms with Gasteiger partial charge >= 0.3 is 5.97 Å². The van der Waals surface area contributed by atoms with Crippen LogP contribution in [0.4, 0.5) is 0 Å². The van der Waals surface area contributed by atoms with Crippen molar-refractivity contribution in [3.05, 3.63) is 71.3 Å². The molecule has 0 saturated heterocycles. The molecule has 0 saturated carbocycles. The maximum Gasteiger partial charge on any atom is 0.330 e. The first kappa shape index (κ1) is 21.2. The summed E-state index contributed by atoms with van der Waals surface area (Å²) < 4.78 is 5.58. The van der Waals surface area contributed by atoms with Crippen molar-refractivity contribution in [1.29, 1.82) is 0 Å². The van der Waals surface area contributed by atoms with E-state index in [1.165, 1.54) is 6.92 Å². The lowest BCUT2D eigenvalue weighted by Crippen LogP contribution is -2.45. The Morgan fingerprint density at radius 2 is 1.40 bits per heavy atom. The van der Waals surface area contributed by atoms with Gasteiger partial charge in [-0.1, -0.05) is 42.5 Å². The van der Waals surface area contributed by atoms with Crippen LogP contribution in [0.15, 0.2) is 54.6 Å². The third-order valence-electron chi connectivity index (χ3n) is 5.19. The Kier molecular flexibility index (Phi) is 6.30. The van der Waals surface area contributed by atoms with Gasteiger partial charge in [-0.3, -0.25) is 19.3 Å². The van der Waals surface area contributed by atoms with Crippen molar-refractivity contribution in [2.45, 2.75) is 32.9 Å². The zero-order valence-corrected chi connectivity index (χ0v) is 17.2. The molecule has 0 radical (unpaired) electrons. The van der Waals surface area contributed by atoms with Crippen molar-refractivity contribution >= 4 is 23.7 Å². The summed E-state index contributed by atoms with van der Waals surface area (Å²) in [6, 6.07) is 13.9. The number of likely N-dealkylation sites (N-methyl/N-ethyl adjacent to an activating group) is 1. The Labute approximate surface area is 175 Å². The van der Waals surface area contributed by atoms with Gasteiger partial charge in [0.05, 0.1) is 11.1 Å². The van der Waals surface area contributed by atoms with Gasteiger partial charge in [-0.15, -0.1) is 0 Å². The number of esters is 1. The third kappa shape index (κ3) is 3.83. The second kappa shape index (κ2) is 8.90. The van der Waals surface area contributed by atoms with E-state index in [0.717, 1.165) is 4.90 Å². The van der Waals surface area contributed by atoms with Gasteiger partial charge in [0.1, 0.15) is 6.04 Å². The van der Waals surface area contributed by atoms with E-state index in [1.807, 2.05) is 13.8 Å². The van der Waals surface area contributed by atoms with Crippen molar-refractivity contribution in [2.24, 2.45) is 0 Å². The van der Waals surface area contributed by atoms with Gasteiger partial charge in [0.25, 0.3) is 17.7 Å². The Bertz CT molecular complexity index is 934. The monoisotopic (exact) mass is 408 g/mol. The molecule has 0 aliphatic carbocycles. The van der Waals surface area contributed by atoms with Crippen molar-refractivity contribution in [3.63, 3.8) is 0 Å². The van der Waals surface area contributed by atoms with Crippen molar-refractivity contribution in [3.8, 4) is 0 Å². The summed E-state index contributed by atoms with van der Waals surface area (Å²) in [5, 5.41) is 0. The fraction of sp³-hybridized carbons (Fsp3) is 0.304. The highest BCUT2D eigenvalue weighted by molar-refractivity contribution is 6.22. The number of nitrogens with zero attached hydrogens (tertiary/aromatic N) is 2. The van der Waals surface area contributed by atoms with Crippen LogP contribution in [0, 0.1) is 0 Å². The van der Waals surface area contributed by atoms with Crippen LogP contribution in [0.1, 0.15) is 53.2 Å². The van der Waals surface area contributed by atoms with Gasteiger partial charge < -0.3 is 9.64 Å². The molecule has 1 aliphatic heterocycles. The summed E-state index contributed by atoms with van der Waals surface area (Å²) in [5.74, 6) is -2.27. The number of fused-ring (bicyclic) bond motifs is 1. The predicted octanol–water partition coefficient (Wildman–Crippen LogP) is 2.82. The topological polar surface area (TPSA) is 84.0 Å². The molecule has 156 valence electrons. The van der Waals surface area contributed by atoms with Crippen LogP contribution >= 0.6 is 0 Å². The highest BCUT2D eigenvalue weighted by Crippen LogP contribution is 2.27. The van der Waals surface area contributed by atoms with E-state index in [9.17, 15) is 19.2 Å². The molecule has 2 atom stereocenters. The fourth-order valence-corrected chi connectivity index (χ4v) is 3.47. The van der Waals surface area contributed by atoms with Crippen molar-refractivity contribution in [2.75, 3.05) is 13.1 Å². The van der Waals surface area contributed by atoms with E-state index in [0.29, 0.717) is 18.7 Å². The van der Waals surface area contributed by atoms with Gasteiger partial charge in [-0.05, 0) is 32.9 Å². The quantitative estimate of drug-likeness (QED) is 0.520. The standard InChI is InChI=1S/C23H24N2O5/c1-4-24(5-2)22(28)19(16-11-7-6-8-12-16)30-23(29)15(3)25-20(26)17-13-9-10-14-18(17)21(25)27/h6-15,19H,4-5H2,1-3H3/t15-,19+/m1/s1. The van der Waals surface area contributed by atoms with Gasteiger partial charge in [0.2, 0.25) is 6.10 Å². The first-order chi connectivity index (χ1) is 14.4. The number of hydrogen-bond acceptors (Lipinski definition) is 5. The Balaban J connectivity index is 1.85. The number of carbonyl (C=O) groups is 4. The molecule has 2 aromatic rings. The largest absolute Gasteiger partial charge is 0.446 e. The number of ether oxygens (including phenoxy) is 1. The van der Waals surface area contributed by atoms with Crippen molar-refractivity contribution in [1.82, 2.24) is 9.80 Å². The Morgan fingerprint density at radius 1 is 0.900 bits per heavy atom. The number of hydrogen-bond donors (Lipinski definition) is 0. The van der Waals surface area contributed by atoms with Crippen LogP contribution in [-0.4, -0.2) is 52.6 Å². The zero-order valence-electron chi connectivity index (χ0n) is 17.2. The lowest BCUT2D eigenvalue weighted by molar-refractivity contribution is -0.163. The molecule has 7 heteroatoms. The highest BCUT2D eigenvalue weighted by atomic mass is 16.6. The van der Waals surface area contributed by atoms with E-state index in [4.69, 9.17) is 4.74 Å². The average molecular weight is 408 g/mol. The summed E-state index contributed by atoms with van der Waals surface area (Å²) in [4.78, 5) is 53.7. The molecule has 3 rings (SSSR count). The minimum Gasteiger partial charge on any atom is -0.446 e. The Morgan fingerprint density at radius 3 is 1.90 bits per heavy atom. The molecule has 7 nitrogen and oxygen atoms in total. The van der Waals surface area contributed by atoms with Crippen molar-refractivity contribution < 1.29 is 23.9 Å². The molecule has 1 heterocycles. The highest BCUT2D eigenvalue weighted by Gasteiger charge is 2.42. The molecule has 1 aliphatic rings. The molecule has 0 N–H and O–H groups in total.